The molecule has 14 heavy (non-hydrogen) atoms. The molecule has 0 aromatic carbocycles. The van der Waals surface area contributed by atoms with E-state index in [-0.39, 0.29) is 6.04 Å². The predicted octanol–water partition coefficient (Wildman–Crippen LogP) is 1.79. The van der Waals surface area contributed by atoms with Crippen LogP contribution in [0.15, 0.2) is 0 Å². The fraction of sp³-hybridized carbons (Fsp3) is 0.909. The summed E-state index contributed by atoms with van der Waals surface area (Å²) in [5.74, 6) is 0. The van der Waals surface area contributed by atoms with Crippen molar-refractivity contribution in [1.82, 2.24) is 4.90 Å². The molecule has 2 unspecified atom stereocenters. The second-order valence-electron chi connectivity index (χ2n) is 4.01. The van der Waals surface area contributed by atoms with Crippen molar-refractivity contribution in [2.45, 2.75) is 44.7 Å². The number of hydrogen-bond donors (Lipinski definition) is 0. The van der Waals surface area contributed by atoms with Gasteiger partial charge in [-0.3, -0.25) is 4.90 Å². The van der Waals surface area contributed by atoms with Crippen molar-refractivity contribution in [1.29, 1.82) is 5.26 Å². The van der Waals surface area contributed by atoms with Gasteiger partial charge in [-0.15, -0.1) is 0 Å². The van der Waals surface area contributed by atoms with Crippen molar-refractivity contribution in [2.75, 3.05) is 20.3 Å². The van der Waals surface area contributed by atoms with Gasteiger partial charge in [-0.2, -0.15) is 5.26 Å². The second-order valence-corrected chi connectivity index (χ2v) is 4.01. The summed E-state index contributed by atoms with van der Waals surface area (Å²) in [5.41, 5.74) is 0. The third kappa shape index (κ3) is 2.97. The lowest BCUT2D eigenvalue weighted by Gasteiger charge is -2.36. The summed E-state index contributed by atoms with van der Waals surface area (Å²) in [5, 5.41) is 9.01. The highest BCUT2D eigenvalue weighted by Crippen LogP contribution is 2.20. The molecule has 0 aliphatic carbocycles. The van der Waals surface area contributed by atoms with E-state index in [0.29, 0.717) is 6.04 Å². The molecule has 1 heterocycles. The van der Waals surface area contributed by atoms with Crippen LogP contribution in [-0.4, -0.2) is 37.2 Å². The van der Waals surface area contributed by atoms with Crippen LogP contribution >= 0.6 is 0 Å². The second kappa shape index (κ2) is 6.00. The van der Waals surface area contributed by atoms with Crippen LogP contribution < -0.4 is 0 Å². The lowest BCUT2D eigenvalue weighted by molar-refractivity contribution is 0.100. The Balaban J connectivity index is 2.42. The van der Waals surface area contributed by atoms with Gasteiger partial charge in [0, 0.05) is 19.8 Å². The van der Waals surface area contributed by atoms with Gasteiger partial charge in [-0.25, -0.2) is 0 Å². The largest absolute Gasteiger partial charge is 0.385 e. The normalized spacial score (nSPS) is 25.6. The monoisotopic (exact) mass is 196 g/mol. The average Bonchev–Trinajstić information content (AvgIpc) is 2.25. The van der Waals surface area contributed by atoms with E-state index in [1.807, 2.05) is 0 Å². The first-order valence-electron chi connectivity index (χ1n) is 5.44. The lowest BCUT2D eigenvalue weighted by Crippen LogP contribution is -2.44. The molecular weight excluding hydrogens is 176 g/mol. The van der Waals surface area contributed by atoms with Gasteiger partial charge >= 0.3 is 0 Å². The Hall–Kier alpha value is -0.590. The third-order valence-corrected chi connectivity index (χ3v) is 3.00. The number of rotatable bonds is 4. The number of methoxy groups -OCH3 is 1. The van der Waals surface area contributed by atoms with E-state index >= 15 is 0 Å². The van der Waals surface area contributed by atoms with E-state index in [1.165, 1.54) is 12.8 Å². The van der Waals surface area contributed by atoms with E-state index in [9.17, 15) is 0 Å². The van der Waals surface area contributed by atoms with Crippen molar-refractivity contribution >= 4 is 0 Å². The van der Waals surface area contributed by atoms with Crippen molar-refractivity contribution in [3.8, 4) is 6.07 Å². The quantitative estimate of drug-likeness (QED) is 0.687. The molecular formula is C11H20N2O. The zero-order valence-electron chi connectivity index (χ0n) is 9.20. The summed E-state index contributed by atoms with van der Waals surface area (Å²) < 4.78 is 5.06. The molecule has 3 nitrogen and oxygen atoms in total. The molecule has 0 bridgehead atoms. The molecule has 3 heteroatoms. The van der Waals surface area contributed by atoms with Crippen LogP contribution in [0.5, 0.6) is 0 Å². The number of nitriles is 1. The van der Waals surface area contributed by atoms with Crippen molar-refractivity contribution < 1.29 is 4.74 Å². The maximum atomic E-state index is 9.01. The Morgan fingerprint density at radius 3 is 3.00 bits per heavy atom. The molecule has 0 radical (unpaired) electrons. The molecule has 0 N–H and O–H groups in total. The molecule has 1 aliphatic heterocycles. The Morgan fingerprint density at radius 2 is 2.36 bits per heavy atom. The van der Waals surface area contributed by atoms with E-state index in [0.717, 1.165) is 26.0 Å². The van der Waals surface area contributed by atoms with Crippen molar-refractivity contribution in [3.63, 3.8) is 0 Å². The summed E-state index contributed by atoms with van der Waals surface area (Å²) in [7, 11) is 1.73. The molecule has 80 valence electrons. The molecule has 0 saturated carbocycles. The van der Waals surface area contributed by atoms with Crippen LogP contribution in [0.25, 0.3) is 0 Å². The summed E-state index contributed by atoms with van der Waals surface area (Å²) in [4.78, 5) is 2.32. The number of ether oxygens (including phenoxy) is 1. The Labute approximate surface area is 86.6 Å². The van der Waals surface area contributed by atoms with Crippen molar-refractivity contribution in [3.05, 3.63) is 0 Å². The van der Waals surface area contributed by atoms with Crippen LogP contribution in [0, 0.1) is 11.3 Å². The topological polar surface area (TPSA) is 36.3 Å². The number of nitrogens with zero attached hydrogens (tertiary/aromatic N) is 2. The minimum atomic E-state index is 0.135. The molecule has 0 aromatic heterocycles. The first kappa shape index (κ1) is 11.5. The lowest BCUT2D eigenvalue weighted by atomic mass is 10.0. The highest BCUT2D eigenvalue weighted by Gasteiger charge is 2.25. The highest BCUT2D eigenvalue weighted by atomic mass is 16.5. The van der Waals surface area contributed by atoms with Crippen LogP contribution in [0.4, 0.5) is 0 Å². The van der Waals surface area contributed by atoms with Gasteiger partial charge in [0.2, 0.25) is 0 Å². The molecule has 0 spiro atoms. The highest BCUT2D eigenvalue weighted by molar-refractivity contribution is 4.95. The molecule has 1 saturated heterocycles. The molecule has 1 fully saturated rings. The molecule has 1 aliphatic rings. The van der Waals surface area contributed by atoms with E-state index < -0.39 is 0 Å². The predicted molar refractivity (Wildman–Crippen MR) is 55.9 cm³/mol. The van der Waals surface area contributed by atoms with E-state index in [1.54, 1.807) is 7.11 Å². The number of piperidine rings is 1. The average molecular weight is 196 g/mol. The SMILES string of the molecule is COCCC(C)N1CCCCC1C#N. The standard InChI is InChI=1S/C11H20N2O/c1-10(6-8-14-2)13-7-4-3-5-11(13)9-12/h10-11H,3-8H2,1-2H3. The Morgan fingerprint density at radius 1 is 1.57 bits per heavy atom. The van der Waals surface area contributed by atoms with Gasteiger partial charge in [0.05, 0.1) is 12.1 Å². The Bertz CT molecular complexity index is 200. The van der Waals surface area contributed by atoms with Gasteiger partial charge in [0.1, 0.15) is 0 Å². The number of hydrogen-bond acceptors (Lipinski definition) is 3. The zero-order chi connectivity index (χ0) is 10.4. The van der Waals surface area contributed by atoms with Gasteiger partial charge in [0.25, 0.3) is 0 Å². The van der Waals surface area contributed by atoms with E-state index in [2.05, 4.69) is 17.9 Å². The van der Waals surface area contributed by atoms with Gasteiger partial charge in [-0.1, -0.05) is 0 Å². The summed E-state index contributed by atoms with van der Waals surface area (Å²) in [6, 6.07) is 3.00. The first-order valence-corrected chi connectivity index (χ1v) is 5.44. The zero-order valence-corrected chi connectivity index (χ0v) is 9.20. The van der Waals surface area contributed by atoms with Crippen LogP contribution in [0.3, 0.4) is 0 Å². The van der Waals surface area contributed by atoms with Gasteiger partial charge < -0.3 is 4.74 Å². The van der Waals surface area contributed by atoms with Crippen molar-refractivity contribution in [2.24, 2.45) is 0 Å². The minimum absolute atomic E-state index is 0.135. The van der Waals surface area contributed by atoms with E-state index in [4.69, 9.17) is 10.00 Å². The molecule has 1 rings (SSSR count). The van der Waals surface area contributed by atoms with Crippen LogP contribution in [0.2, 0.25) is 0 Å². The maximum absolute atomic E-state index is 9.01. The molecule has 0 aromatic rings. The Kier molecular flexibility index (Phi) is 4.92. The number of likely N-dealkylation sites (tertiary alicyclic amines) is 1. The summed E-state index contributed by atoms with van der Waals surface area (Å²) in [6.45, 7) is 4.05. The first-order chi connectivity index (χ1) is 6.79. The van der Waals surface area contributed by atoms with Gasteiger partial charge in [0.15, 0.2) is 0 Å². The minimum Gasteiger partial charge on any atom is -0.385 e. The summed E-state index contributed by atoms with van der Waals surface area (Å²) in [6.07, 6.45) is 4.49. The fourth-order valence-electron chi connectivity index (χ4n) is 2.07. The molecule has 0 amide bonds. The van der Waals surface area contributed by atoms with Gasteiger partial charge in [-0.05, 0) is 39.2 Å². The smallest absolute Gasteiger partial charge is 0.0980 e. The van der Waals surface area contributed by atoms with Crippen LogP contribution in [0.1, 0.15) is 32.6 Å². The third-order valence-electron chi connectivity index (χ3n) is 3.00. The molecule has 2 atom stereocenters. The maximum Gasteiger partial charge on any atom is 0.0980 e. The summed E-state index contributed by atoms with van der Waals surface area (Å²) >= 11 is 0. The van der Waals surface area contributed by atoms with Crippen LogP contribution in [-0.2, 0) is 4.74 Å². The fourth-order valence-corrected chi connectivity index (χ4v) is 2.07.